The fraction of sp³-hybridized carbons (Fsp3) is 0.125. The van der Waals surface area contributed by atoms with Crippen molar-refractivity contribution in [1.82, 2.24) is 0 Å². The lowest BCUT2D eigenvalue weighted by Gasteiger charge is -2.03. The summed E-state index contributed by atoms with van der Waals surface area (Å²) >= 11 is 0. The largest absolute Gasteiger partial charge is 0.608 e. The van der Waals surface area contributed by atoms with Crippen LogP contribution in [0.2, 0.25) is 0 Å². The van der Waals surface area contributed by atoms with Crippen molar-refractivity contribution in [3.63, 3.8) is 0 Å². The van der Waals surface area contributed by atoms with Crippen molar-refractivity contribution in [2.75, 3.05) is 0 Å². The molecule has 1 heterocycles. The van der Waals surface area contributed by atoms with Gasteiger partial charge in [-0.2, -0.15) is 4.79 Å². The summed E-state index contributed by atoms with van der Waals surface area (Å²) in [6.45, 7) is 3.88. The van der Waals surface area contributed by atoms with Crippen LogP contribution in [0.15, 0.2) is 57.7 Å². The molecule has 0 aliphatic heterocycles. The van der Waals surface area contributed by atoms with E-state index in [-0.39, 0.29) is 5.76 Å². The summed E-state index contributed by atoms with van der Waals surface area (Å²) in [7, 11) is 0. The molecule has 3 aromatic rings. The van der Waals surface area contributed by atoms with Crippen LogP contribution < -0.4 is 10.3 Å². The molecule has 3 heteroatoms. The van der Waals surface area contributed by atoms with Gasteiger partial charge in [0.15, 0.2) is 5.58 Å². The van der Waals surface area contributed by atoms with Gasteiger partial charge in [-0.25, -0.2) is 0 Å². The number of aryl methyl sites for hydroxylation is 2. The molecule has 1 aromatic heterocycles. The SMILES string of the molecule is Cc1cccc2c(C)[n+](-c3ccccc3)c(=O)oc12. The summed E-state index contributed by atoms with van der Waals surface area (Å²) in [6, 6.07) is 15.4. The third kappa shape index (κ3) is 1.83. The van der Waals surface area contributed by atoms with E-state index in [0.29, 0.717) is 5.58 Å². The Morgan fingerprint density at radius 1 is 0.947 bits per heavy atom. The molecule has 3 rings (SSSR count). The Morgan fingerprint density at radius 3 is 2.42 bits per heavy atom. The first-order valence-corrected chi connectivity index (χ1v) is 6.19. The lowest BCUT2D eigenvalue weighted by molar-refractivity contribution is -0.629. The van der Waals surface area contributed by atoms with Crippen molar-refractivity contribution in [3.05, 3.63) is 70.3 Å². The number of aromatic nitrogens is 1. The molecule has 2 aromatic carbocycles. The molecule has 0 atom stereocenters. The molecule has 0 aliphatic carbocycles. The highest BCUT2D eigenvalue weighted by Crippen LogP contribution is 2.18. The van der Waals surface area contributed by atoms with E-state index in [9.17, 15) is 4.79 Å². The number of nitrogens with zero attached hydrogens (tertiary/aromatic N) is 1. The van der Waals surface area contributed by atoms with Crippen molar-refractivity contribution in [2.24, 2.45) is 0 Å². The molecular formula is C16H14NO2+. The number of benzene rings is 2. The number of hydrogen-bond donors (Lipinski definition) is 0. The Bertz CT molecular complexity index is 804. The molecule has 0 bridgehead atoms. The maximum Gasteiger partial charge on any atom is 0.608 e. The normalized spacial score (nSPS) is 10.8. The van der Waals surface area contributed by atoms with E-state index in [1.807, 2.05) is 62.4 Å². The van der Waals surface area contributed by atoms with Crippen molar-refractivity contribution < 1.29 is 8.98 Å². The fourth-order valence-corrected chi connectivity index (χ4v) is 2.34. The number of para-hydroxylation sites is 2. The van der Waals surface area contributed by atoms with Gasteiger partial charge < -0.3 is 4.42 Å². The molecule has 0 saturated heterocycles. The first-order valence-electron chi connectivity index (χ1n) is 6.19. The van der Waals surface area contributed by atoms with Crippen LogP contribution in [-0.2, 0) is 0 Å². The van der Waals surface area contributed by atoms with Gasteiger partial charge in [-0.1, -0.05) is 34.9 Å². The van der Waals surface area contributed by atoms with Crippen LogP contribution in [0.5, 0.6) is 0 Å². The van der Waals surface area contributed by atoms with Gasteiger partial charge in [-0.15, -0.1) is 0 Å². The fourth-order valence-electron chi connectivity index (χ4n) is 2.34. The van der Waals surface area contributed by atoms with E-state index in [0.717, 1.165) is 22.3 Å². The van der Waals surface area contributed by atoms with Gasteiger partial charge in [0.1, 0.15) is 0 Å². The number of hydrogen-bond acceptors (Lipinski definition) is 2. The quantitative estimate of drug-likeness (QED) is 0.624. The third-order valence-electron chi connectivity index (χ3n) is 3.32. The monoisotopic (exact) mass is 252 g/mol. The highest BCUT2D eigenvalue weighted by atomic mass is 16.4. The molecule has 94 valence electrons. The highest BCUT2D eigenvalue weighted by Gasteiger charge is 2.21. The lowest BCUT2D eigenvalue weighted by Crippen LogP contribution is -2.49. The van der Waals surface area contributed by atoms with Gasteiger partial charge >= 0.3 is 5.76 Å². The minimum absolute atomic E-state index is 0.356. The van der Waals surface area contributed by atoms with Crippen molar-refractivity contribution in [1.29, 1.82) is 0 Å². The minimum atomic E-state index is -0.356. The second-order valence-electron chi connectivity index (χ2n) is 4.58. The van der Waals surface area contributed by atoms with Gasteiger partial charge in [0.05, 0.1) is 5.39 Å². The predicted octanol–water partition coefficient (Wildman–Crippen LogP) is 2.69. The first-order chi connectivity index (χ1) is 9.18. The average molecular weight is 252 g/mol. The van der Waals surface area contributed by atoms with Crippen LogP contribution in [0, 0.1) is 13.8 Å². The van der Waals surface area contributed by atoms with E-state index < -0.39 is 0 Å². The topological polar surface area (TPSA) is 34.1 Å². The molecule has 0 fully saturated rings. The molecule has 0 amide bonds. The predicted molar refractivity (Wildman–Crippen MR) is 73.5 cm³/mol. The zero-order valence-corrected chi connectivity index (χ0v) is 10.9. The Kier molecular flexibility index (Phi) is 2.67. The summed E-state index contributed by atoms with van der Waals surface area (Å²) in [5, 5.41) is 0.962. The minimum Gasteiger partial charge on any atom is -0.371 e. The lowest BCUT2D eigenvalue weighted by atomic mass is 10.1. The van der Waals surface area contributed by atoms with Crippen LogP contribution in [0.1, 0.15) is 11.3 Å². The Labute approximate surface area is 110 Å². The Balaban J connectivity index is 2.43. The van der Waals surface area contributed by atoms with Crippen LogP contribution in [0.3, 0.4) is 0 Å². The van der Waals surface area contributed by atoms with Crippen LogP contribution in [0.25, 0.3) is 16.7 Å². The highest BCUT2D eigenvalue weighted by molar-refractivity contribution is 5.80. The zero-order chi connectivity index (χ0) is 13.4. The number of fused-ring (bicyclic) bond motifs is 1. The summed E-state index contributed by atoms with van der Waals surface area (Å²) in [5.41, 5.74) is 3.34. The maximum absolute atomic E-state index is 12.2. The first kappa shape index (κ1) is 11.7. The average Bonchev–Trinajstić information content (AvgIpc) is 2.41. The zero-order valence-electron chi connectivity index (χ0n) is 10.9. The third-order valence-corrected chi connectivity index (χ3v) is 3.32. The van der Waals surface area contributed by atoms with E-state index in [1.54, 1.807) is 4.57 Å². The van der Waals surface area contributed by atoms with Gasteiger partial charge in [-0.3, -0.25) is 0 Å². The number of rotatable bonds is 1. The summed E-state index contributed by atoms with van der Waals surface area (Å²) in [6.07, 6.45) is 0. The molecule has 0 spiro atoms. The summed E-state index contributed by atoms with van der Waals surface area (Å²) in [5.74, 6) is -0.356. The van der Waals surface area contributed by atoms with Crippen molar-refractivity contribution in [3.8, 4) is 5.69 Å². The van der Waals surface area contributed by atoms with Crippen molar-refractivity contribution >= 4 is 11.0 Å². The van der Waals surface area contributed by atoms with Crippen molar-refractivity contribution in [2.45, 2.75) is 13.8 Å². The standard InChI is InChI=1S/C16H14NO2/c1-11-7-6-10-14-12(2)17(16(18)19-15(11)14)13-8-4-3-5-9-13/h3-10H,1-2H3/q+1. The second kappa shape index (κ2) is 4.35. The summed E-state index contributed by atoms with van der Waals surface area (Å²) < 4.78 is 7.07. The molecule has 3 nitrogen and oxygen atoms in total. The molecule has 0 aliphatic rings. The van der Waals surface area contributed by atoms with Gasteiger partial charge in [0, 0.05) is 19.1 Å². The second-order valence-corrected chi connectivity index (χ2v) is 4.58. The molecule has 0 unspecified atom stereocenters. The van der Waals surface area contributed by atoms with Gasteiger partial charge in [0.2, 0.25) is 11.4 Å². The van der Waals surface area contributed by atoms with Gasteiger partial charge in [0.25, 0.3) is 0 Å². The smallest absolute Gasteiger partial charge is 0.371 e. The van der Waals surface area contributed by atoms with Crippen LogP contribution in [0.4, 0.5) is 0 Å². The summed E-state index contributed by atoms with van der Waals surface area (Å²) in [4.78, 5) is 12.2. The van der Waals surface area contributed by atoms with E-state index in [4.69, 9.17) is 4.42 Å². The molecule has 0 N–H and O–H groups in total. The van der Waals surface area contributed by atoms with E-state index >= 15 is 0 Å². The van der Waals surface area contributed by atoms with Crippen LogP contribution in [-0.4, -0.2) is 0 Å². The van der Waals surface area contributed by atoms with Crippen LogP contribution >= 0.6 is 0 Å². The molecule has 0 saturated carbocycles. The van der Waals surface area contributed by atoms with Gasteiger partial charge in [-0.05, 0) is 18.6 Å². The maximum atomic E-state index is 12.2. The molecule has 0 radical (unpaired) electrons. The Hall–Kier alpha value is -2.42. The van der Waals surface area contributed by atoms with E-state index in [2.05, 4.69) is 0 Å². The van der Waals surface area contributed by atoms with E-state index in [1.165, 1.54) is 0 Å². The Morgan fingerprint density at radius 2 is 1.68 bits per heavy atom. The molecule has 19 heavy (non-hydrogen) atoms. The molecular weight excluding hydrogens is 238 g/mol.